The number of halogens is 1. The van der Waals surface area contributed by atoms with E-state index in [-0.39, 0.29) is 82.3 Å². The van der Waals surface area contributed by atoms with Crippen LogP contribution in [0.5, 0.6) is 5.88 Å². The molecule has 1 heterocycles. The first-order chi connectivity index (χ1) is 14.8. The number of carbonyl (C=O) groups excluding carboxylic acids is 1. The first kappa shape index (κ1) is 30.1. The summed E-state index contributed by atoms with van der Waals surface area (Å²) in [5.41, 5.74) is 1.25. The van der Waals surface area contributed by atoms with E-state index in [0.717, 1.165) is 0 Å². The number of pyridine rings is 1. The molecule has 7 nitrogen and oxygen atoms in total. The van der Waals surface area contributed by atoms with E-state index in [0.29, 0.717) is 28.1 Å². The van der Waals surface area contributed by atoms with Gasteiger partial charge in [-0.3, -0.25) is 9.52 Å². The van der Waals surface area contributed by atoms with Crippen LogP contribution in [0.2, 0.25) is 0 Å². The van der Waals surface area contributed by atoms with Gasteiger partial charge in [0.1, 0.15) is 5.82 Å². The molecule has 10 heteroatoms. The molecule has 0 aliphatic heterocycles. The van der Waals surface area contributed by atoms with Crippen LogP contribution >= 0.6 is 0 Å². The number of aliphatic hydroxyl groups is 1. The van der Waals surface area contributed by atoms with Crippen molar-refractivity contribution in [2.45, 2.75) is 58.5 Å². The van der Waals surface area contributed by atoms with Gasteiger partial charge < -0.3 is 9.84 Å². The van der Waals surface area contributed by atoms with E-state index in [9.17, 15) is 22.7 Å². The molecule has 1 aromatic carbocycles. The Labute approximate surface area is 238 Å². The number of nitrogens with zero attached hydrogens (tertiary/aromatic N) is 1. The molecule has 0 unspecified atom stereocenters. The molecule has 0 saturated heterocycles. The fraction of sp³-hybridized carbons (Fsp3) is 0.478. The normalized spacial score (nSPS) is 11.8. The van der Waals surface area contributed by atoms with Crippen molar-refractivity contribution in [3.05, 3.63) is 47.4 Å². The van der Waals surface area contributed by atoms with E-state index in [1.807, 2.05) is 13.8 Å². The van der Waals surface area contributed by atoms with Gasteiger partial charge in [-0.05, 0) is 73.1 Å². The van der Waals surface area contributed by atoms with Gasteiger partial charge >= 0.3 is 0 Å². The van der Waals surface area contributed by atoms with Gasteiger partial charge in [-0.2, -0.15) is 0 Å². The minimum absolute atomic E-state index is 0. The molecule has 0 fully saturated rings. The number of sulfonamides is 1. The molecule has 0 spiro atoms. The second kappa shape index (κ2) is 12.7. The quantitative estimate of drug-likeness (QED) is 0.481. The zero-order valence-corrected chi connectivity index (χ0v) is 24.0. The Morgan fingerprint density at radius 3 is 2.52 bits per heavy atom. The van der Waals surface area contributed by atoms with E-state index >= 15 is 0 Å². The molecule has 0 aliphatic carbocycles. The van der Waals surface area contributed by atoms with Crippen molar-refractivity contribution in [2.75, 3.05) is 12.9 Å². The van der Waals surface area contributed by atoms with E-state index in [4.69, 9.17) is 4.74 Å². The standard InChI is InChI=1S/C23H31FN2O5S.K/c1-15(2)18-12-17(24)13-19(16-7-9-25-22(11-16)31-5)20(18)14-21(27)26-32(29,30)10-6-8-23(3,4)28;/h7,9,11-13,15,28H,6,8,10,14H2,1-5H3,(H,26,27);. The Balaban J connectivity index is 0.00000544. The number of hydrogen-bond acceptors (Lipinski definition) is 6. The Hall–Kier alpha value is -0.884. The van der Waals surface area contributed by atoms with Crippen molar-refractivity contribution in [1.82, 2.24) is 9.71 Å². The summed E-state index contributed by atoms with van der Waals surface area (Å²) in [6.45, 7) is 6.94. The molecule has 33 heavy (non-hydrogen) atoms. The number of benzene rings is 1. The van der Waals surface area contributed by atoms with Gasteiger partial charge in [0.05, 0.1) is 24.9 Å². The molecule has 0 atom stereocenters. The van der Waals surface area contributed by atoms with E-state index in [1.165, 1.54) is 25.4 Å². The number of aromatic nitrogens is 1. The SMILES string of the molecule is COc1cc(-c2cc(F)cc(C(C)C)c2CC(=O)NS(=O)(=O)CCCC(C)(C)O)ccn1.[K]. The number of methoxy groups -OCH3 is 1. The molecule has 1 radical (unpaired) electrons. The fourth-order valence-electron chi connectivity index (χ4n) is 3.43. The number of hydrogen-bond donors (Lipinski definition) is 2. The van der Waals surface area contributed by atoms with Gasteiger partial charge in [0.2, 0.25) is 21.8 Å². The van der Waals surface area contributed by atoms with Crippen LogP contribution in [0.3, 0.4) is 0 Å². The maximum Gasteiger partial charge on any atom is 0.237 e. The predicted molar refractivity (Wildman–Crippen MR) is 127 cm³/mol. The molecule has 177 valence electrons. The Kier molecular flexibility index (Phi) is 11.6. The minimum atomic E-state index is -3.87. The van der Waals surface area contributed by atoms with Crippen LogP contribution in [-0.4, -0.2) is 94.3 Å². The third-order valence-electron chi connectivity index (χ3n) is 4.93. The average molecular weight is 506 g/mol. The van der Waals surface area contributed by atoms with Crippen LogP contribution in [0.25, 0.3) is 11.1 Å². The van der Waals surface area contributed by atoms with Crippen LogP contribution in [0, 0.1) is 5.82 Å². The maximum atomic E-state index is 14.4. The van der Waals surface area contributed by atoms with Crippen molar-refractivity contribution < 1.29 is 27.4 Å². The monoisotopic (exact) mass is 505 g/mol. The summed E-state index contributed by atoms with van der Waals surface area (Å²) in [4.78, 5) is 16.7. The number of carbonyl (C=O) groups is 1. The Morgan fingerprint density at radius 2 is 1.94 bits per heavy atom. The molecular formula is C23H31FKN2O5S. The Morgan fingerprint density at radius 1 is 1.27 bits per heavy atom. The van der Waals surface area contributed by atoms with Crippen LogP contribution in [0.1, 0.15) is 57.6 Å². The molecule has 2 aromatic rings. The van der Waals surface area contributed by atoms with E-state index in [1.54, 1.807) is 26.0 Å². The van der Waals surface area contributed by atoms with Gasteiger partial charge in [-0.1, -0.05) is 13.8 Å². The van der Waals surface area contributed by atoms with Crippen LogP contribution in [0.15, 0.2) is 30.5 Å². The first-order valence-electron chi connectivity index (χ1n) is 10.4. The van der Waals surface area contributed by atoms with Crippen molar-refractivity contribution >= 4 is 67.3 Å². The van der Waals surface area contributed by atoms with Gasteiger partial charge in [0.15, 0.2) is 0 Å². The number of rotatable bonds is 10. The predicted octanol–water partition coefficient (Wildman–Crippen LogP) is 3.18. The van der Waals surface area contributed by atoms with Crippen LogP contribution in [-0.2, 0) is 21.2 Å². The first-order valence-corrected chi connectivity index (χ1v) is 12.0. The van der Waals surface area contributed by atoms with Gasteiger partial charge in [-0.15, -0.1) is 0 Å². The largest absolute Gasteiger partial charge is 0.481 e. The molecular weight excluding hydrogens is 474 g/mol. The summed E-state index contributed by atoms with van der Waals surface area (Å²) < 4.78 is 46.3. The molecule has 0 saturated carbocycles. The second-order valence-electron chi connectivity index (χ2n) is 8.70. The van der Waals surface area contributed by atoms with Crippen molar-refractivity contribution in [3.63, 3.8) is 0 Å². The zero-order valence-electron chi connectivity index (χ0n) is 20.1. The molecule has 2 N–H and O–H groups in total. The summed E-state index contributed by atoms with van der Waals surface area (Å²) in [5.74, 6) is -1.20. The maximum absolute atomic E-state index is 14.4. The molecule has 1 aromatic heterocycles. The van der Waals surface area contributed by atoms with Crippen molar-refractivity contribution in [3.8, 4) is 17.0 Å². The van der Waals surface area contributed by atoms with Crippen molar-refractivity contribution in [2.24, 2.45) is 0 Å². The van der Waals surface area contributed by atoms with Crippen LogP contribution in [0.4, 0.5) is 4.39 Å². The minimum Gasteiger partial charge on any atom is -0.481 e. The average Bonchev–Trinajstić information content (AvgIpc) is 2.67. The molecule has 2 rings (SSSR count). The summed E-state index contributed by atoms with van der Waals surface area (Å²) in [7, 11) is -2.40. The third-order valence-corrected chi connectivity index (χ3v) is 6.30. The van der Waals surface area contributed by atoms with E-state index < -0.39 is 27.3 Å². The smallest absolute Gasteiger partial charge is 0.237 e. The second-order valence-corrected chi connectivity index (χ2v) is 10.5. The molecule has 0 aliphatic rings. The van der Waals surface area contributed by atoms with Gasteiger partial charge in [0, 0.05) is 63.6 Å². The topological polar surface area (TPSA) is 106 Å². The van der Waals surface area contributed by atoms with Gasteiger partial charge in [0.25, 0.3) is 0 Å². The number of amides is 1. The fourth-order valence-corrected chi connectivity index (χ4v) is 4.48. The van der Waals surface area contributed by atoms with Crippen LogP contribution < -0.4 is 9.46 Å². The molecule has 0 bridgehead atoms. The summed E-state index contributed by atoms with van der Waals surface area (Å²) >= 11 is 0. The number of nitrogens with one attached hydrogen (secondary N) is 1. The summed E-state index contributed by atoms with van der Waals surface area (Å²) in [5, 5.41) is 9.75. The third kappa shape index (κ3) is 9.71. The number of ether oxygens (including phenoxy) is 1. The summed E-state index contributed by atoms with van der Waals surface area (Å²) in [6, 6.07) is 6.00. The zero-order chi connectivity index (χ0) is 24.1. The van der Waals surface area contributed by atoms with Gasteiger partial charge in [-0.25, -0.2) is 17.8 Å². The Bertz CT molecular complexity index is 1070. The van der Waals surface area contributed by atoms with Crippen molar-refractivity contribution in [1.29, 1.82) is 0 Å². The van der Waals surface area contributed by atoms with E-state index in [2.05, 4.69) is 9.71 Å². The summed E-state index contributed by atoms with van der Waals surface area (Å²) in [6.07, 6.45) is 1.77. The molecule has 1 amide bonds.